The second kappa shape index (κ2) is 10.7. The first kappa shape index (κ1) is 21.8. The fourth-order valence-electron chi connectivity index (χ4n) is 2.71. The zero-order chi connectivity index (χ0) is 20.5. The lowest BCUT2D eigenvalue weighted by Crippen LogP contribution is -2.49. The number of ether oxygens (including phenoxy) is 1. The van der Waals surface area contributed by atoms with Crippen LogP contribution in [0.2, 0.25) is 5.02 Å². The van der Waals surface area contributed by atoms with Gasteiger partial charge in [0, 0.05) is 18.1 Å². The van der Waals surface area contributed by atoms with E-state index in [1.165, 1.54) is 0 Å². The normalized spacial score (nSPS) is 11.6. The Hall–Kier alpha value is -2.53. The lowest BCUT2D eigenvalue weighted by atomic mass is 10.1. The number of benzene rings is 2. The summed E-state index contributed by atoms with van der Waals surface area (Å²) in [7, 11) is 0. The van der Waals surface area contributed by atoms with Gasteiger partial charge >= 0.3 is 0 Å². The zero-order valence-corrected chi connectivity index (χ0v) is 17.3. The molecule has 28 heavy (non-hydrogen) atoms. The summed E-state index contributed by atoms with van der Waals surface area (Å²) >= 11 is 5.87. The van der Waals surface area contributed by atoms with Gasteiger partial charge in [0.25, 0.3) is 5.91 Å². The Morgan fingerprint density at radius 2 is 1.82 bits per heavy atom. The minimum Gasteiger partial charge on any atom is -0.484 e. The van der Waals surface area contributed by atoms with Gasteiger partial charge in [0.2, 0.25) is 5.91 Å². The molecule has 2 rings (SSSR count). The van der Waals surface area contributed by atoms with E-state index < -0.39 is 6.04 Å². The number of carbonyl (C=O) groups excluding carboxylic acids is 2. The number of aryl methyl sites for hydroxylation is 1. The molecule has 0 heterocycles. The zero-order valence-electron chi connectivity index (χ0n) is 16.6. The van der Waals surface area contributed by atoms with Gasteiger partial charge in [-0.1, -0.05) is 42.8 Å². The summed E-state index contributed by atoms with van der Waals surface area (Å²) in [6, 6.07) is 14.0. The van der Waals surface area contributed by atoms with E-state index in [2.05, 4.69) is 5.32 Å². The summed E-state index contributed by atoms with van der Waals surface area (Å²) < 4.78 is 5.60. The predicted octanol–water partition coefficient (Wildman–Crippen LogP) is 3.97. The van der Waals surface area contributed by atoms with Crippen molar-refractivity contribution in [2.75, 3.05) is 13.2 Å². The van der Waals surface area contributed by atoms with Gasteiger partial charge in [-0.05, 0) is 55.7 Å². The number of hydrogen-bond acceptors (Lipinski definition) is 3. The number of carbonyl (C=O) groups is 2. The third-order valence-corrected chi connectivity index (χ3v) is 4.75. The predicted molar refractivity (Wildman–Crippen MR) is 111 cm³/mol. The Labute approximate surface area is 171 Å². The van der Waals surface area contributed by atoms with Crippen LogP contribution in [-0.4, -0.2) is 35.9 Å². The fourth-order valence-corrected chi connectivity index (χ4v) is 2.83. The van der Waals surface area contributed by atoms with Crippen LogP contribution >= 0.6 is 11.6 Å². The standard InChI is InChI=1S/C22H27ClN2O3/c1-4-13-24-22(27)17(3)25(14-18-8-6-5-7-16(18)2)21(26)15-28-20-11-9-19(23)10-12-20/h5-12,17H,4,13-15H2,1-3H3,(H,24,27). The fraction of sp³-hybridized carbons (Fsp3) is 0.364. The number of amides is 2. The maximum atomic E-state index is 12.9. The van der Waals surface area contributed by atoms with Gasteiger partial charge in [0.05, 0.1) is 0 Å². The van der Waals surface area contributed by atoms with Gasteiger partial charge in [0.1, 0.15) is 11.8 Å². The number of hydrogen-bond donors (Lipinski definition) is 1. The highest BCUT2D eigenvalue weighted by molar-refractivity contribution is 6.30. The Morgan fingerprint density at radius 3 is 2.46 bits per heavy atom. The average Bonchev–Trinajstić information content (AvgIpc) is 2.70. The highest BCUT2D eigenvalue weighted by atomic mass is 35.5. The first-order valence-corrected chi connectivity index (χ1v) is 9.80. The maximum absolute atomic E-state index is 12.9. The molecule has 0 radical (unpaired) electrons. The molecule has 0 aliphatic rings. The molecule has 6 heteroatoms. The van der Waals surface area contributed by atoms with Crippen molar-refractivity contribution < 1.29 is 14.3 Å². The van der Waals surface area contributed by atoms with Crippen molar-refractivity contribution >= 4 is 23.4 Å². The van der Waals surface area contributed by atoms with Crippen LogP contribution in [0, 0.1) is 6.92 Å². The Kier molecular flexibility index (Phi) is 8.33. The van der Waals surface area contributed by atoms with E-state index in [-0.39, 0.29) is 18.4 Å². The summed E-state index contributed by atoms with van der Waals surface area (Å²) in [4.78, 5) is 26.9. The summed E-state index contributed by atoms with van der Waals surface area (Å²) in [5.41, 5.74) is 2.07. The molecular formula is C22H27ClN2O3. The molecule has 0 bridgehead atoms. The molecule has 2 aromatic rings. The van der Waals surface area contributed by atoms with Crippen LogP contribution in [0.15, 0.2) is 48.5 Å². The summed E-state index contributed by atoms with van der Waals surface area (Å²) in [5.74, 6) is 0.129. The van der Waals surface area contributed by atoms with E-state index in [1.807, 2.05) is 38.1 Å². The lowest BCUT2D eigenvalue weighted by molar-refractivity contribution is -0.142. The van der Waals surface area contributed by atoms with Gasteiger partial charge in [0.15, 0.2) is 6.61 Å². The first-order valence-electron chi connectivity index (χ1n) is 9.42. The molecule has 0 spiro atoms. The van der Waals surface area contributed by atoms with E-state index in [1.54, 1.807) is 36.1 Å². The second-order valence-electron chi connectivity index (χ2n) is 6.66. The quantitative estimate of drug-likeness (QED) is 0.690. The van der Waals surface area contributed by atoms with Crippen LogP contribution < -0.4 is 10.1 Å². The molecule has 0 fully saturated rings. The van der Waals surface area contributed by atoms with E-state index in [4.69, 9.17) is 16.3 Å². The van der Waals surface area contributed by atoms with Gasteiger partial charge < -0.3 is 15.0 Å². The van der Waals surface area contributed by atoms with Gasteiger partial charge in [-0.25, -0.2) is 0 Å². The van der Waals surface area contributed by atoms with Crippen LogP contribution in [0.4, 0.5) is 0 Å². The Balaban J connectivity index is 2.13. The number of nitrogens with zero attached hydrogens (tertiary/aromatic N) is 1. The third kappa shape index (κ3) is 6.27. The molecule has 0 aliphatic carbocycles. The van der Waals surface area contributed by atoms with Crippen molar-refractivity contribution in [3.05, 3.63) is 64.7 Å². The molecule has 0 aliphatic heterocycles. The van der Waals surface area contributed by atoms with Crippen molar-refractivity contribution in [2.45, 2.75) is 39.8 Å². The molecule has 2 amide bonds. The third-order valence-electron chi connectivity index (χ3n) is 4.49. The van der Waals surface area contributed by atoms with Crippen molar-refractivity contribution in [3.8, 4) is 5.75 Å². The molecular weight excluding hydrogens is 376 g/mol. The molecule has 0 saturated carbocycles. The highest BCUT2D eigenvalue weighted by Crippen LogP contribution is 2.17. The van der Waals surface area contributed by atoms with Crippen LogP contribution in [0.3, 0.4) is 0 Å². The van der Waals surface area contributed by atoms with E-state index >= 15 is 0 Å². The summed E-state index contributed by atoms with van der Waals surface area (Å²) in [5, 5.41) is 3.46. The van der Waals surface area contributed by atoms with Crippen molar-refractivity contribution in [2.24, 2.45) is 0 Å². The Bertz CT molecular complexity index is 793. The van der Waals surface area contributed by atoms with Crippen LogP contribution in [0.5, 0.6) is 5.75 Å². The summed E-state index contributed by atoms with van der Waals surface area (Å²) in [6.45, 7) is 6.49. The molecule has 5 nitrogen and oxygen atoms in total. The molecule has 150 valence electrons. The molecule has 0 saturated heterocycles. The SMILES string of the molecule is CCCNC(=O)C(C)N(Cc1ccccc1C)C(=O)COc1ccc(Cl)cc1. The molecule has 1 unspecified atom stereocenters. The molecule has 0 aromatic heterocycles. The number of halogens is 1. The van der Waals surface area contributed by atoms with Crippen molar-refractivity contribution in [3.63, 3.8) is 0 Å². The van der Waals surface area contributed by atoms with Crippen LogP contribution in [0.25, 0.3) is 0 Å². The second-order valence-corrected chi connectivity index (χ2v) is 7.09. The van der Waals surface area contributed by atoms with Crippen molar-refractivity contribution in [1.82, 2.24) is 10.2 Å². The van der Waals surface area contributed by atoms with Gasteiger partial charge in [-0.15, -0.1) is 0 Å². The van der Waals surface area contributed by atoms with E-state index in [0.717, 1.165) is 17.5 Å². The number of rotatable bonds is 9. The van der Waals surface area contributed by atoms with Crippen molar-refractivity contribution in [1.29, 1.82) is 0 Å². The molecule has 1 atom stereocenters. The highest BCUT2D eigenvalue weighted by Gasteiger charge is 2.26. The monoisotopic (exact) mass is 402 g/mol. The first-order chi connectivity index (χ1) is 13.4. The van der Waals surface area contributed by atoms with Gasteiger partial charge in [-0.2, -0.15) is 0 Å². The largest absolute Gasteiger partial charge is 0.484 e. The lowest BCUT2D eigenvalue weighted by Gasteiger charge is -2.29. The molecule has 1 N–H and O–H groups in total. The van der Waals surface area contributed by atoms with E-state index in [0.29, 0.717) is 23.9 Å². The van der Waals surface area contributed by atoms with Crippen LogP contribution in [-0.2, 0) is 16.1 Å². The topological polar surface area (TPSA) is 58.6 Å². The maximum Gasteiger partial charge on any atom is 0.261 e. The van der Waals surface area contributed by atoms with Crippen LogP contribution in [0.1, 0.15) is 31.4 Å². The van der Waals surface area contributed by atoms with E-state index in [9.17, 15) is 9.59 Å². The molecule has 2 aromatic carbocycles. The average molecular weight is 403 g/mol. The minimum absolute atomic E-state index is 0.154. The minimum atomic E-state index is -0.604. The van der Waals surface area contributed by atoms with Gasteiger partial charge in [-0.3, -0.25) is 9.59 Å². The number of nitrogens with one attached hydrogen (secondary N) is 1. The Morgan fingerprint density at radius 1 is 1.14 bits per heavy atom. The summed E-state index contributed by atoms with van der Waals surface area (Å²) in [6.07, 6.45) is 0.837. The smallest absolute Gasteiger partial charge is 0.261 e.